The Morgan fingerprint density at radius 1 is 1.19 bits per heavy atom. The first-order valence-electron chi connectivity index (χ1n) is 9.31. The number of methoxy groups -OCH3 is 1. The van der Waals surface area contributed by atoms with E-state index in [-0.39, 0.29) is 23.7 Å². The van der Waals surface area contributed by atoms with Crippen molar-refractivity contribution >= 4 is 18.3 Å². The van der Waals surface area contributed by atoms with E-state index in [2.05, 4.69) is 10.6 Å². The summed E-state index contributed by atoms with van der Waals surface area (Å²) in [6.45, 7) is 3.32. The molecule has 2 N–H and O–H groups in total. The minimum absolute atomic E-state index is 0. The Kier molecular flexibility index (Phi) is 8.35. The Labute approximate surface area is 167 Å². The SMILES string of the molecule is COCC1(CNC(=O)CCc2ccc(-c3ccccc3)o2)CCNCC1.Cl. The van der Waals surface area contributed by atoms with E-state index >= 15 is 0 Å². The predicted molar refractivity (Wildman–Crippen MR) is 109 cm³/mol. The molecule has 1 aliphatic heterocycles. The fourth-order valence-corrected chi connectivity index (χ4v) is 3.52. The van der Waals surface area contributed by atoms with E-state index in [9.17, 15) is 4.79 Å². The molecule has 5 nitrogen and oxygen atoms in total. The van der Waals surface area contributed by atoms with Crippen LogP contribution in [0, 0.1) is 5.41 Å². The van der Waals surface area contributed by atoms with Crippen molar-refractivity contribution in [3.8, 4) is 11.3 Å². The topological polar surface area (TPSA) is 63.5 Å². The molecular formula is C21H29ClN2O3. The van der Waals surface area contributed by atoms with E-state index in [1.165, 1.54) is 0 Å². The standard InChI is InChI=1S/C21H28N2O3.ClH/c1-25-16-21(11-13-22-14-12-21)15-23-20(24)10-8-18-7-9-19(26-18)17-5-3-2-4-6-17;/h2-7,9,22H,8,10-16H2,1H3,(H,23,24);1H. The van der Waals surface area contributed by atoms with E-state index in [1.807, 2.05) is 42.5 Å². The second-order valence-corrected chi connectivity index (χ2v) is 7.09. The summed E-state index contributed by atoms with van der Waals surface area (Å²) in [6, 6.07) is 13.9. The highest BCUT2D eigenvalue weighted by atomic mass is 35.5. The number of carbonyl (C=O) groups excluding carboxylic acids is 1. The van der Waals surface area contributed by atoms with E-state index in [1.54, 1.807) is 7.11 Å². The Bertz CT molecular complexity index is 691. The van der Waals surface area contributed by atoms with Gasteiger partial charge in [0, 0.05) is 37.5 Å². The maximum atomic E-state index is 12.3. The van der Waals surface area contributed by atoms with Crippen LogP contribution in [0.25, 0.3) is 11.3 Å². The molecule has 1 saturated heterocycles. The van der Waals surface area contributed by atoms with Gasteiger partial charge in [0.15, 0.2) is 0 Å². The summed E-state index contributed by atoms with van der Waals surface area (Å²) >= 11 is 0. The van der Waals surface area contributed by atoms with Gasteiger partial charge < -0.3 is 19.8 Å². The van der Waals surface area contributed by atoms with Crippen LogP contribution in [0.1, 0.15) is 25.0 Å². The molecule has 0 atom stereocenters. The molecule has 1 aliphatic rings. The molecule has 0 saturated carbocycles. The molecule has 6 heteroatoms. The first-order valence-corrected chi connectivity index (χ1v) is 9.31. The van der Waals surface area contributed by atoms with Crippen LogP contribution in [0.4, 0.5) is 0 Å². The third kappa shape index (κ3) is 6.09. The lowest BCUT2D eigenvalue weighted by atomic mass is 9.79. The minimum atomic E-state index is 0. The highest BCUT2D eigenvalue weighted by molar-refractivity contribution is 5.85. The van der Waals surface area contributed by atoms with Crippen molar-refractivity contribution in [2.45, 2.75) is 25.7 Å². The second kappa shape index (κ2) is 10.5. The zero-order valence-electron chi connectivity index (χ0n) is 15.8. The Morgan fingerprint density at radius 2 is 1.93 bits per heavy atom. The van der Waals surface area contributed by atoms with Crippen molar-refractivity contribution in [2.24, 2.45) is 5.41 Å². The van der Waals surface area contributed by atoms with Gasteiger partial charge in [-0.15, -0.1) is 12.4 Å². The van der Waals surface area contributed by atoms with Crippen molar-refractivity contribution < 1.29 is 13.9 Å². The van der Waals surface area contributed by atoms with Crippen molar-refractivity contribution in [2.75, 3.05) is 33.4 Å². The van der Waals surface area contributed by atoms with Crippen LogP contribution in [0.5, 0.6) is 0 Å². The molecule has 0 aliphatic carbocycles. The first kappa shape index (κ1) is 21.5. The van der Waals surface area contributed by atoms with E-state index < -0.39 is 0 Å². The molecule has 0 bridgehead atoms. The first-order chi connectivity index (χ1) is 12.7. The Morgan fingerprint density at radius 3 is 2.63 bits per heavy atom. The zero-order chi connectivity index (χ0) is 18.2. The zero-order valence-corrected chi connectivity index (χ0v) is 16.6. The highest BCUT2D eigenvalue weighted by Gasteiger charge is 2.32. The van der Waals surface area contributed by atoms with E-state index in [0.717, 1.165) is 43.0 Å². The average Bonchev–Trinajstić information content (AvgIpc) is 3.16. The molecule has 2 aromatic rings. The molecular weight excluding hydrogens is 364 g/mol. The Hall–Kier alpha value is -1.82. The Balaban J connectivity index is 0.00000261. The number of hydrogen-bond acceptors (Lipinski definition) is 4. The molecule has 1 aromatic carbocycles. The van der Waals surface area contributed by atoms with Gasteiger partial charge in [-0.1, -0.05) is 30.3 Å². The number of halogens is 1. The molecule has 3 rings (SSSR count). The van der Waals surface area contributed by atoms with Gasteiger partial charge >= 0.3 is 0 Å². The molecule has 27 heavy (non-hydrogen) atoms. The number of amides is 1. The van der Waals surface area contributed by atoms with Gasteiger partial charge in [0.2, 0.25) is 5.91 Å². The van der Waals surface area contributed by atoms with E-state index in [4.69, 9.17) is 9.15 Å². The van der Waals surface area contributed by atoms with Crippen LogP contribution in [0.3, 0.4) is 0 Å². The van der Waals surface area contributed by atoms with Crippen molar-refractivity contribution in [1.29, 1.82) is 0 Å². The average molecular weight is 393 g/mol. The maximum absolute atomic E-state index is 12.3. The predicted octanol–water partition coefficient (Wildman–Crippen LogP) is 3.43. The summed E-state index contributed by atoms with van der Waals surface area (Å²) < 4.78 is 11.3. The lowest BCUT2D eigenvalue weighted by molar-refractivity contribution is -0.122. The number of ether oxygens (including phenoxy) is 1. The van der Waals surface area contributed by atoms with Crippen LogP contribution in [0.2, 0.25) is 0 Å². The van der Waals surface area contributed by atoms with Crippen molar-refractivity contribution in [3.05, 3.63) is 48.2 Å². The van der Waals surface area contributed by atoms with Gasteiger partial charge in [-0.25, -0.2) is 0 Å². The number of nitrogens with one attached hydrogen (secondary N) is 2. The number of piperidine rings is 1. The van der Waals surface area contributed by atoms with Crippen LogP contribution >= 0.6 is 12.4 Å². The van der Waals surface area contributed by atoms with Crippen LogP contribution in [-0.2, 0) is 16.0 Å². The molecule has 0 spiro atoms. The van der Waals surface area contributed by atoms with Gasteiger partial charge in [0.25, 0.3) is 0 Å². The van der Waals surface area contributed by atoms with Gasteiger partial charge in [-0.2, -0.15) is 0 Å². The quantitative estimate of drug-likeness (QED) is 0.722. The molecule has 1 amide bonds. The minimum Gasteiger partial charge on any atom is -0.461 e. The summed E-state index contributed by atoms with van der Waals surface area (Å²) in [5.74, 6) is 1.75. The van der Waals surface area contributed by atoms with Gasteiger partial charge in [-0.3, -0.25) is 4.79 Å². The number of furan rings is 1. The normalized spacial score (nSPS) is 15.7. The highest BCUT2D eigenvalue weighted by Crippen LogP contribution is 2.28. The summed E-state index contributed by atoms with van der Waals surface area (Å²) in [5, 5.41) is 6.47. The third-order valence-electron chi connectivity index (χ3n) is 5.09. The molecule has 1 fully saturated rings. The molecule has 2 heterocycles. The summed E-state index contributed by atoms with van der Waals surface area (Å²) in [7, 11) is 1.73. The van der Waals surface area contributed by atoms with E-state index in [0.29, 0.717) is 26.0 Å². The van der Waals surface area contributed by atoms with Crippen LogP contribution in [0.15, 0.2) is 46.9 Å². The molecule has 1 aromatic heterocycles. The summed E-state index contributed by atoms with van der Waals surface area (Å²) in [6.07, 6.45) is 3.10. The molecule has 0 radical (unpaired) electrons. The van der Waals surface area contributed by atoms with Gasteiger partial charge in [0.1, 0.15) is 11.5 Å². The van der Waals surface area contributed by atoms with Crippen molar-refractivity contribution in [1.82, 2.24) is 10.6 Å². The second-order valence-electron chi connectivity index (χ2n) is 7.09. The lowest BCUT2D eigenvalue weighted by Gasteiger charge is -2.37. The summed E-state index contributed by atoms with van der Waals surface area (Å²) in [4.78, 5) is 12.3. The molecule has 0 unspecified atom stereocenters. The number of hydrogen-bond donors (Lipinski definition) is 2. The van der Waals surface area contributed by atoms with Gasteiger partial charge in [-0.05, 0) is 38.1 Å². The van der Waals surface area contributed by atoms with Crippen LogP contribution in [-0.4, -0.2) is 39.3 Å². The fourth-order valence-electron chi connectivity index (χ4n) is 3.52. The smallest absolute Gasteiger partial charge is 0.220 e. The number of carbonyl (C=O) groups is 1. The van der Waals surface area contributed by atoms with Crippen LogP contribution < -0.4 is 10.6 Å². The fraction of sp³-hybridized carbons (Fsp3) is 0.476. The largest absolute Gasteiger partial charge is 0.461 e. The number of benzene rings is 1. The monoisotopic (exact) mass is 392 g/mol. The molecule has 148 valence electrons. The van der Waals surface area contributed by atoms with Gasteiger partial charge in [0.05, 0.1) is 6.61 Å². The summed E-state index contributed by atoms with van der Waals surface area (Å²) in [5.41, 5.74) is 1.11. The number of rotatable bonds is 8. The van der Waals surface area contributed by atoms with Crippen molar-refractivity contribution in [3.63, 3.8) is 0 Å². The lowest BCUT2D eigenvalue weighted by Crippen LogP contribution is -2.47. The maximum Gasteiger partial charge on any atom is 0.220 e. The third-order valence-corrected chi connectivity index (χ3v) is 5.09. The number of aryl methyl sites for hydroxylation is 1.